The van der Waals surface area contributed by atoms with Crippen LogP contribution in [0.25, 0.3) is 0 Å². The Bertz CT molecular complexity index is 1240. The van der Waals surface area contributed by atoms with E-state index in [1.165, 1.54) is 7.11 Å². The van der Waals surface area contributed by atoms with Gasteiger partial charge in [-0.05, 0) is 54.5 Å². The van der Waals surface area contributed by atoms with Crippen LogP contribution in [0, 0.1) is 6.92 Å². The number of carbonyl (C=O) groups is 3. The van der Waals surface area contributed by atoms with Crippen molar-refractivity contribution < 1.29 is 19.1 Å². The summed E-state index contributed by atoms with van der Waals surface area (Å²) in [6.45, 7) is 2.29. The predicted octanol–water partition coefficient (Wildman–Crippen LogP) is 4.63. The van der Waals surface area contributed by atoms with Gasteiger partial charge in [0.1, 0.15) is 6.04 Å². The molecule has 0 fully saturated rings. The van der Waals surface area contributed by atoms with E-state index in [1.54, 1.807) is 4.90 Å². The number of esters is 1. The smallest absolute Gasteiger partial charge is 0.319 e. The number of ether oxygens (including phenoxy) is 1. The molecule has 2 N–H and O–H groups in total. The highest BCUT2D eigenvalue weighted by molar-refractivity contribution is 5.94. The van der Waals surface area contributed by atoms with Crippen LogP contribution in [0.5, 0.6) is 0 Å². The lowest BCUT2D eigenvalue weighted by Gasteiger charge is -2.38. The van der Waals surface area contributed by atoms with Crippen LogP contribution in [-0.2, 0) is 33.7 Å². The summed E-state index contributed by atoms with van der Waals surface area (Å²) < 4.78 is 4.92. The number of aryl methyl sites for hydroxylation is 2. The van der Waals surface area contributed by atoms with Crippen molar-refractivity contribution in [3.05, 3.63) is 101 Å². The van der Waals surface area contributed by atoms with E-state index in [0.717, 1.165) is 22.3 Å². The molecule has 192 valence electrons. The van der Waals surface area contributed by atoms with E-state index in [2.05, 4.69) is 10.6 Å². The minimum Gasteiger partial charge on any atom is -0.469 e. The second kappa shape index (κ2) is 12.2. The van der Waals surface area contributed by atoms with Crippen LogP contribution >= 0.6 is 0 Å². The number of urea groups is 1. The summed E-state index contributed by atoms with van der Waals surface area (Å²) in [7, 11) is 1.35. The molecule has 3 aromatic rings. The van der Waals surface area contributed by atoms with E-state index in [1.807, 2.05) is 85.8 Å². The molecule has 0 saturated heterocycles. The van der Waals surface area contributed by atoms with Crippen molar-refractivity contribution in [2.24, 2.45) is 0 Å². The van der Waals surface area contributed by atoms with Crippen LogP contribution in [0.15, 0.2) is 78.9 Å². The van der Waals surface area contributed by atoms with Crippen molar-refractivity contribution >= 4 is 23.6 Å². The number of hydrogen-bond acceptors (Lipinski definition) is 4. The Morgan fingerprint density at radius 1 is 0.946 bits per heavy atom. The van der Waals surface area contributed by atoms with Crippen molar-refractivity contribution in [2.75, 3.05) is 12.4 Å². The highest BCUT2D eigenvalue weighted by atomic mass is 16.5. The predicted molar refractivity (Wildman–Crippen MR) is 143 cm³/mol. The van der Waals surface area contributed by atoms with Gasteiger partial charge >= 0.3 is 12.0 Å². The Balaban J connectivity index is 1.57. The van der Waals surface area contributed by atoms with Gasteiger partial charge in [0.15, 0.2) is 0 Å². The fraction of sp³-hybridized carbons (Fsp3) is 0.300. The summed E-state index contributed by atoms with van der Waals surface area (Å²) in [6, 6.07) is 23.7. The van der Waals surface area contributed by atoms with Crippen molar-refractivity contribution in [1.29, 1.82) is 0 Å². The van der Waals surface area contributed by atoms with Crippen molar-refractivity contribution in [3.8, 4) is 0 Å². The lowest BCUT2D eigenvalue weighted by atomic mass is 9.91. The highest BCUT2D eigenvalue weighted by Gasteiger charge is 2.35. The number of amides is 3. The molecule has 0 aliphatic carbocycles. The third kappa shape index (κ3) is 6.76. The van der Waals surface area contributed by atoms with Crippen LogP contribution in [0.2, 0.25) is 0 Å². The molecule has 0 radical (unpaired) electrons. The minimum absolute atomic E-state index is 0.0946. The third-order valence-corrected chi connectivity index (χ3v) is 6.83. The standard InChI is InChI=1S/C30H33N3O4/c1-21-10-6-9-15-26(21)31-30(36)32-27(17-16-22-11-4-3-5-12-22)29(35)33-20-24-14-8-7-13-23(24)18-25(33)19-28(34)37-2/h3-15,25,27H,16-20H2,1-2H3,(H2,31,32,36)/t25-,27+/m1/s1. The number of nitrogens with one attached hydrogen (secondary N) is 2. The molecule has 3 amide bonds. The Morgan fingerprint density at radius 2 is 1.62 bits per heavy atom. The van der Waals surface area contributed by atoms with E-state index >= 15 is 0 Å². The molecule has 2 atom stereocenters. The van der Waals surface area contributed by atoms with Gasteiger partial charge in [0.25, 0.3) is 0 Å². The van der Waals surface area contributed by atoms with Crippen molar-refractivity contribution in [2.45, 2.75) is 51.2 Å². The molecule has 7 nitrogen and oxygen atoms in total. The molecule has 1 aliphatic heterocycles. The second-order valence-corrected chi connectivity index (χ2v) is 9.36. The van der Waals surface area contributed by atoms with Crippen LogP contribution in [0.4, 0.5) is 10.5 Å². The number of benzene rings is 3. The van der Waals surface area contributed by atoms with Gasteiger partial charge < -0.3 is 20.3 Å². The molecule has 37 heavy (non-hydrogen) atoms. The maximum absolute atomic E-state index is 14.0. The number of hydrogen-bond donors (Lipinski definition) is 2. The zero-order valence-electron chi connectivity index (χ0n) is 21.3. The van der Waals surface area contributed by atoms with Crippen molar-refractivity contribution in [1.82, 2.24) is 10.2 Å². The quantitative estimate of drug-likeness (QED) is 0.442. The first-order chi connectivity index (χ1) is 17.9. The first kappa shape index (κ1) is 25.9. The number of nitrogens with zero attached hydrogens (tertiary/aromatic N) is 1. The number of carbonyl (C=O) groups excluding carboxylic acids is 3. The van der Waals surface area contributed by atoms with Gasteiger partial charge in [-0.15, -0.1) is 0 Å². The number of para-hydroxylation sites is 1. The Hall–Kier alpha value is -4.13. The number of fused-ring (bicyclic) bond motifs is 1. The van der Waals surface area contributed by atoms with Crippen LogP contribution in [-0.4, -0.2) is 42.0 Å². The zero-order valence-corrected chi connectivity index (χ0v) is 21.3. The van der Waals surface area contributed by atoms with Gasteiger partial charge in [-0.3, -0.25) is 9.59 Å². The molecule has 1 aliphatic rings. The van der Waals surface area contributed by atoms with Gasteiger partial charge in [0.2, 0.25) is 5.91 Å². The molecule has 1 heterocycles. The molecular weight excluding hydrogens is 466 g/mol. The molecular formula is C30H33N3O4. The van der Waals surface area contributed by atoms with Crippen LogP contribution in [0.3, 0.4) is 0 Å². The van der Waals surface area contributed by atoms with Crippen molar-refractivity contribution in [3.63, 3.8) is 0 Å². The maximum atomic E-state index is 14.0. The molecule has 0 saturated carbocycles. The Labute approximate surface area is 217 Å². The monoisotopic (exact) mass is 499 g/mol. The maximum Gasteiger partial charge on any atom is 0.319 e. The van der Waals surface area contributed by atoms with Crippen LogP contribution in [0.1, 0.15) is 35.1 Å². The third-order valence-electron chi connectivity index (χ3n) is 6.83. The number of methoxy groups -OCH3 is 1. The summed E-state index contributed by atoms with van der Waals surface area (Å²) in [6.07, 6.45) is 1.69. The zero-order chi connectivity index (χ0) is 26.2. The summed E-state index contributed by atoms with van der Waals surface area (Å²) in [4.78, 5) is 40.9. The fourth-order valence-electron chi connectivity index (χ4n) is 4.75. The first-order valence-electron chi connectivity index (χ1n) is 12.6. The molecule has 4 rings (SSSR count). The topological polar surface area (TPSA) is 87.7 Å². The summed E-state index contributed by atoms with van der Waals surface area (Å²) >= 11 is 0. The van der Waals surface area contributed by atoms with E-state index in [9.17, 15) is 14.4 Å². The van der Waals surface area contributed by atoms with E-state index in [4.69, 9.17) is 4.74 Å². The van der Waals surface area contributed by atoms with Gasteiger partial charge in [0.05, 0.1) is 13.5 Å². The molecule has 0 aromatic heterocycles. The molecule has 7 heteroatoms. The lowest BCUT2D eigenvalue weighted by Crippen LogP contribution is -2.54. The minimum atomic E-state index is -0.769. The molecule has 0 spiro atoms. The average molecular weight is 500 g/mol. The first-order valence-corrected chi connectivity index (χ1v) is 12.6. The summed E-state index contributed by atoms with van der Waals surface area (Å²) in [5, 5.41) is 5.78. The van der Waals surface area contributed by atoms with Gasteiger partial charge in [-0.2, -0.15) is 0 Å². The largest absolute Gasteiger partial charge is 0.469 e. The fourth-order valence-corrected chi connectivity index (χ4v) is 4.75. The van der Waals surface area contributed by atoms with Gasteiger partial charge in [0, 0.05) is 18.3 Å². The second-order valence-electron chi connectivity index (χ2n) is 9.36. The SMILES string of the molecule is COC(=O)C[C@H]1Cc2ccccc2CN1C(=O)[C@H](CCc1ccccc1)NC(=O)Nc1ccccc1C. The van der Waals surface area contributed by atoms with Crippen LogP contribution < -0.4 is 10.6 Å². The van der Waals surface area contributed by atoms with E-state index in [0.29, 0.717) is 31.5 Å². The summed E-state index contributed by atoms with van der Waals surface area (Å²) in [5.74, 6) is -0.576. The molecule has 0 bridgehead atoms. The van der Waals surface area contributed by atoms with E-state index in [-0.39, 0.29) is 24.3 Å². The lowest BCUT2D eigenvalue weighted by molar-refractivity contribution is -0.145. The molecule has 0 unspecified atom stereocenters. The highest BCUT2D eigenvalue weighted by Crippen LogP contribution is 2.27. The number of anilines is 1. The normalized spacial score (nSPS) is 15.3. The Morgan fingerprint density at radius 3 is 2.35 bits per heavy atom. The van der Waals surface area contributed by atoms with Gasteiger partial charge in [-0.25, -0.2) is 4.79 Å². The van der Waals surface area contributed by atoms with Gasteiger partial charge in [-0.1, -0.05) is 72.8 Å². The summed E-state index contributed by atoms with van der Waals surface area (Å²) in [5.41, 5.74) is 4.85. The van der Waals surface area contributed by atoms with E-state index < -0.39 is 12.1 Å². The Kier molecular flexibility index (Phi) is 8.56. The molecule has 3 aromatic carbocycles. The number of rotatable bonds is 8. The average Bonchev–Trinajstić information content (AvgIpc) is 2.92.